The summed E-state index contributed by atoms with van der Waals surface area (Å²) in [6.45, 7) is 0. The van der Waals surface area contributed by atoms with Crippen LogP contribution >= 0.6 is 0 Å². The third kappa shape index (κ3) is 4.02. The number of anilines is 2. The second-order valence-corrected chi connectivity index (χ2v) is 6.25. The van der Waals surface area contributed by atoms with Crippen LogP contribution in [0.4, 0.5) is 11.7 Å². The Labute approximate surface area is 171 Å². The number of benzene rings is 3. The lowest BCUT2D eigenvalue weighted by molar-refractivity contribution is 0.102. The van der Waals surface area contributed by atoms with E-state index < -0.39 is 11.8 Å². The number of nitrogens with zero attached hydrogens (tertiary/aromatic N) is 2. The largest absolute Gasteiger partial charge is 0.507 e. The summed E-state index contributed by atoms with van der Waals surface area (Å²) in [7, 11) is 0. The van der Waals surface area contributed by atoms with Crippen molar-refractivity contribution in [2.75, 3.05) is 10.6 Å². The van der Waals surface area contributed by atoms with E-state index in [1.54, 1.807) is 36.4 Å². The molecule has 0 aliphatic rings. The maximum absolute atomic E-state index is 12.7. The van der Waals surface area contributed by atoms with E-state index in [0.717, 1.165) is 5.56 Å². The van der Waals surface area contributed by atoms with E-state index in [0.29, 0.717) is 0 Å². The van der Waals surface area contributed by atoms with Gasteiger partial charge in [-0.05, 0) is 36.4 Å². The molecule has 0 aliphatic carbocycles. The fourth-order valence-corrected chi connectivity index (χ4v) is 2.78. The number of nitrogens with one attached hydrogen (secondary N) is 2. The van der Waals surface area contributed by atoms with Crippen molar-refractivity contribution in [3.05, 3.63) is 90.0 Å². The summed E-state index contributed by atoms with van der Waals surface area (Å²) in [5.41, 5.74) is 1.28. The molecular formula is C22H16N4O4. The second kappa shape index (κ2) is 8.27. The van der Waals surface area contributed by atoms with Gasteiger partial charge in [0.05, 0.1) is 16.8 Å². The van der Waals surface area contributed by atoms with Crippen LogP contribution in [-0.2, 0) is 0 Å². The average molecular weight is 400 g/mol. The quantitative estimate of drug-likeness (QED) is 0.467. The Morgan fingerprint density at radius 3 is 2.13 bits per heavy atom. The predicted molar refractivity (Wildman–Crippen MR) is 110 cm³/mol. The minimum Gasteiger partial charge on any atom is -0.507 e. The Kier molecular flexibility index (Phi) is 5.21. The van der Waals surface area contributed by atoms with Crippen LogP contribution in [0.15, 0.2) is 83.3 Å². The molecule has 0 spiro atoms. The Balaban J connectivity index is 1.52. The Hall–Kier alpha value is -4.46. The molecule has 0 fully saturated rings. The van der Waals surface area contributed by atoms with Crippen LogP contribution in [-0.4, -0.2) is 27.1 Å². The highest BCUT2D eigenvalue weighted by atomic mass is 16.4. The SMILES string of the molecule is O=C(Nc1ccccc1C(=O)Nc1nnc(-c2ccccc2)o1)c1ccccc1O. The van der Waals surface area contributed by atoms with E-state index in [4.69, 9.17) is 4.42 Å². The Bertz CT molecular complexity index is 1200. The number of rotatable bonds is 5. The normalized spacial score (nSPS) is 10.4. The Morgan fingerprint density at radius 1 is 0.733 bits per heavy atom. The maximum atomic E-state index is 12.7. The van der Waals surface area contributed by atoms with E-state index >= 15 is 0 Å². The summed E-state index contributed by atoms with van der Waals surface area (Å²) < 4.78 is 5.49. The molecule has 3 N–H and O–H groups in total. The highest BCUT2D eigenvalue weighted by Crippen LogP contribution is 2.23. The number of phenols is 1. The van der Waals surface area contributed by atoms with Gasteiger partial charge in [0.25, 0.3) is 11.8 Å². The standard InChI is InChI=1S/C22H16N4O4/c27-18-13-7-5-11-16(18)20(29)23-17-12-6-4-10-15(17)19(28)24-22-26-25-21(30-22)14-8-2-1-3-9-14/h1-13,27H,(H,23,29)(H,24,26,28). The van der Waals surface area contributed by atoms with Gasteiger partial charge in [-0.1, -0.05) is 47.6 Å². The van der Waals surface area contributed by atoms with Crippen LogP contribution in [0.2, 0.25) is 0 Å². The van der Waals surface area contributed by atoms with Crippen molar-refractivity contribution in [1.82, 2.24) is 10.2 Å². The smallest absolute Gasteiger partial charge is 0.322 e. The summed E-state index contributed by atoms with van der Waals surface area (Å²) >= 11 is 0. The summed E-state index contributed by atoms with van der Waals surface area (Å²) in [6, 6.07) is 21.7. The third-order valence-electron chi connectivity index (χ3n) is 4.23. The van der Waals surface area contributed by atoms with Crippen molar-refractivity contribution in [2.45, 2.75) is 0 Å². The van der Waals surface area contributed by atoms with Gasteiger partial charge in [-0.2, -0.15) is 0 Å². The highest BCUT2D eigenvalue weighted by molar-refractivity contribution is 6.12. The summed E-state index contributed by atoms with van der Waals surface area (Å²) in [5.74, 6) is -0.966. The fourth-order valence-electron chi connectivity index (χ4n) is 2.78. The van der Waals surface area contributed by atoms with Crippen molar-refractivity contribution in [3.8, 4) is 17.2 Å². The van der Waals surface area contributed by atoms with E-state index in [2.05, 4.69) is 20.8 Å². The first kappa shape index (κ1) is 18.9. The highest BCUT2D eigenvalue weighted by Gasteiger charge is 2.18. The Morgan fingerprint density at radius 2 is 1.37 bits per heavy atom. The first-order chi connectivity index (χ1) is 14.6. The van der Waals surface area contributed by atoms with Gasteiger partial charge in [0.1, 0.15) is 5.75 Å². The number of hydrogen-bond donors (Lipinski definition) is 3. The van der Waals surface area contributed by atoms with E-state index in [1.807, 2.05) is 30.3 Å². The van der Waals surface area contributed by atoms with Gasteiger partial charge in [-0.25, -0.2) is 0 Å². The molecule has 1 heterocycles. The molecule has 0 bridgehead atoms. The van der Waals surface area contributed by atoms with Crippen LogP contribution in [0, 0.1) is 0 Å². The number of carbonyl (C=O) groups excluding carboxylic acids is 2. The van der Waals surface area contributed by atoms with Crippen LogP contribution in [0.5, 0.6) is 5.75 Å². The molecule has 4 rings (SSSR count). The lowest BCUT2D eigenvalue weighted by atomic mass is 10.1. The monoisotopic (exact) mass is 400 g/mol. The number of amides is 2. The lowest BCUT2D eigenvalue weighted by Crippen LogP contribution is -2.18. The molecule has 0 radical (unpaired) electrons. The topological polar surface area (TPSA) is 117 Å². The van der Waals surface area contributed by atoms with Gasteiger partial charge >= 0.3 is 6.01 Å². The number of carbonyl (C=O) groups is 2. The molecule has 0 unspecified atom stereocenters. The number of phenolic OH excluding ortho intramolecular Hbond substituents is 1. The maximum Gasteiger partial charge on any atom is 0.322 e. The molecule has 148 valence electrons. The molecule has 0 saturated carbocycles. The number of para-hydroxylation sites is 2. The average Bonchev–Trinajstić information content (AvgIpc) is 3.23. The lowest BCUT2D eigenvalue weighted by Gasteiger charge is -2.11. The number of aromatic nitrogens is 2. The van der Waals surface area contributed by atoms with Crippen LogP contribution in [0.1, 0.15) is 20.7 Å². The first-order valence-electron chi connectivity index (χ1n) is 9.00. The van der Waals surface area contributed by atoms with Crippen LogP contribution in [0.25, 0.3) is 11.5 Å². The van der Waals surface area contributed by atoms with Crippen molar-refractivity contribution >= 4 is 23.5 Å². The molecule has 3 aromatic carbocycles. The molecule has 0 saturated heterocycles. The molecule has 4 aromatic rings. The van der Waals surface area contributed by atoms with E-state index in [-0.39, 0.29) is 34.5 Å². The van der Waals surface area contributed by atoms with Crippen molar-refractivity contribution in [3.63, 3.8) is 0 Å². The van der Waals surface area contributed by atoms with Crippen LogP contribution < -0.4 is 10.6 Å². The van der Waals surface area contributed by atoms with Crippen molar-refractivity contribution in [1.29, 1.82) is 0 Å². The third-order valence-corrected chi connectivity index (χ3v) is 4.23. The number of aromatic hydroxyl groups is 1. The van der Waals surface area contributed by atoms with Crippen molar-refractivity contribution in [2.24, 2.45) is 0 Å². The van der Waals surface area contributed by atoms with Gasteiger partial charge in [0.15, 0.2) is 0 Å². The molecule has 0 atom stereocenters. The molecule has 30 heavy (non-hydrogen) atoms. The molecule has 8 heteroatoms. The molecular weight excluding hydrogens is 384 g/mol. The minimum atomic E-state index is -0.544. The van der Waals surface area contributed by atoms with Gasteiger partial charge in [-0.3, -0.25) is 14.9 Å². The molecule has 0 aliphatic heterocycles. The molecule has 1 aromatic heterocycles. The summed E-state index contributed by atoms with van der Waals surface area (Å²) in [4.78, 5) is 25.2. The minimum absolute atomic E-state index is 0.0688. The van der Waals surface area contributed by atoms with Gasteiger partial charge < -0.3 is 14.8 Å². The first-order valence-corrected chi connectivity index (χ1v) is 9.00. The van der Waals surface area contributed by atoms with Gasteiger partial charge in [0, 0.05) is 5.56 Å². The molecule has 8 nitrogen and oxygen atoms in total. The summed E-state index contributed by atoms with van der Waals surface area (Å²) in [6.07, 6.45) is 0. The van der Waals surface area contributed by atoms with Crippen LogP contribution in [0.3, 0.4) is 0 Å². The zero-order valence-electron chi connectivity index (χ0n) is 15.6. The number of hydrogen-bond acceptors (Lipinski definition) is 6. The van der Waals surface area contributed by atoms with E-state index in [1.165, 1.54) is 12.1 Å². The second-order valence-electron chi connectivity index (χ2n) is 6.25. The predicted octanol–water partition coefficient (Wildman–Crippen LogP) is 3.95. The zero-order valence-corrected chi connectivity index (χ0v) is 15.6. The zero-order chi connectivity index (χ0) is 20.9. The fraction of sp³-hybridized carbons (Fsp3) is 0. The van der Waals surface area contributed by atoms with Gasteiger partial charge in [-0.15, -0.1) is 5.10 Å². The van der Waals surface area contributed by atoms with E-state index in [9.17, 15) is 14.7 Å². The molecule has 2 amide bonds. The summed E-state index contributed by atoms with van der Waals surface area (Å²) in [5, 5.41) is 22.8. The van der Waals surface area contributed by atoms with Crippen molar-refractivity contribution < 1.29 is 19.1 Å². The van der Waals surface area contributed by atoms with Gasteiger partial charge in [0.2, 0.25) is 5.89 Å².